The van der Waals surface area contributed by atoms with E-state index in [9.17, 15) is 0 Å². The van der Waals surface area contributed by atoms with Crippen molar-refractivity contribution in [2.75, 3.05) is 0 Å². The molecule has 0 saturated heterocycles. The number of aromatic nitrogens is 1. The summed E-state index contributed by atoms with van der Waals surface area (Å²) in [6, 6.07) is 8.43. The molecular formula is C12H8Cl3NO. The van der Waals surface area contributed by atoms with Gasteiger partial charge in [0.1, 0.15) is 5.15 Å². The topological polar surface area (TPSA) is 33.1 Å². The normalized spacial score (nSPS) is 10.6. The van der Waals surface area contributed by atoms with Crippen LogP contribution in [0.5, 0.6) is 0 Å². The summed E-state index contributed by atoms with van der Waals surface area (Å²) in [5.74, 6) is 0. The largest absolute Gasteiger partial charge is 0.392 e. The van der Waals surface area contributed by atoms with Gasteiger partial charge in [-0.1, -0.05) is 34.8 Å². The van der Waals surface area contributed by atoms with Gasteiger partial charge < -0.3 is 5.11 Å². The Morgan fingerprint density at radius 2 is 1.82 bits per heavy atom. The van der Waals surface area contributed by atoms with Gasteiger partial charge in [-0.25, -0.2) is 4.98 Å². The van der Waals surface area contributed by atoms with E-state index in [1.807, 2.05) is 0 Å². The van der Waals surface area contributed by atoms with E-state index in [0.717, 1.165) is 0 Å². The Morgan fingerprint density at radius 3 is 2.53 bits per heavy atom. The predicted octanol–water partition coefficient (Wildman–Crippen LogP) is 4.20. The zero-order chi connectivity index (χ0) is 12.4. The Bertz CT molecular complexity index is 557. The van der Waals surface area contributed by atoms with Gasteiger partial charge in [0.2, 0.25) is 0 Å². The van der Waals surface area contributed by atoms with Crippen LogP contribution in [0.15, 0.2) is 30.3 Å². The van der Waals surface area contributed by atoms with Crippen LogP contribution in [0.3, 0.4) is 0 Å². The van der Waals surface area contributed by atoms with Crippen LogP contribution >= 0.6 is 34.8 Å². The highest BCUT2D eigenvalue weighted by molar-refractivity contribution is 6.35. The molecule has 1 aromatic carbocycles. The molecule has 0 saturated carbocycles. The quantitative estimate of drug-likeness (QED) is 0.840. The molecule has 0 atom stereocenters. The smallest absolute Gasteiger partial charge is 0.130 e. The summed E-state index contributed by atoms with van der Waals surface area (Å²) in [5.41, 5.74) is 1.96. The van der Waals surface area contributed by atoms with Crippen molar-refractivity contribution in [3.05, 3.63) is 51.1 Å². The molecule has 0 unspecified atom stereocenters. The van der Waals surface area contributed by atoms with Crippen LogP contribution in [0.1, 0.15) is 5.56 Å². The number of pyridine rings is 1. The van der Waals surface area contributed by atoms with Crippen molar-refractivity contribution in [3.8, 4) is 11.3 Å². The first-order valence-electron chi connectivity index (χ1n) is 4.83. The van der Waals surface area contributed by atoms with Gasteiger partial charge in [-0.15, -0.1) is 0 Å². The molecule has 2 nitrogen and oxygen atoms in total. The predicted molar refractivity (Wildman–Crippen MR) is 70.6 cm³/mol. The van der Waals surface area contributed by atoms with Crippen molar-refractivity contribution in [1.82, 2.24) is 4.98 Å². The lowest BCUT2D eigenvalue weighted by molar-refractivity contribution is 0.282. The Hall–Kier alpha value is -0.800. The average Bonchev–Trinajstić information content (AvgIpc) is 2.31. The fourth-order valence-electron chi connectivity index (χ4n) is 1.47. The monoisotopic (exact) mass is 287 g/mol. The van der Waals surface area contributed by atoms with Crippen molar-refractivity contribution < 1.29 is 5.11 Å². The van der Waals surface area contributed by atoms with Gasteiger partial charge >= 0.3 is 0 Å². The lowest BCUT2D eigenvalue weighted by Gasteiger charge is -2.06. The van der Waals surface area contributed by atoms with E-state index in [-0.39, 0.29) is 6.61 Å². The molecule has 0 aliphatic heterocycles. The maximum atomic E-state index is 9.11. The molecule has 2 rings (SSSR count). The van der Waals surface area contributed by atoms with E-state index in [0.29, 0.717) is 32.0 Å². The molecule has 5 heteroatoms. The summed E-state index contributed by atoms with van der Waals surface area (Å²) < 4.78 is 0. The number of hydrogen-bond acceptors (Lipinski definition) is 2. The third-order valence-corrected chi connectivity index (χ3v) is 3.00. The third-order valence-electron chi connectivity index (χ3n) is 2.24. The average molecular weight is 289 g/mol. The Balaban J connectivity index is 2.59. The highest BCUT2D eigenvalue weighted by atomic mass is 35.5. The number of rotatable bonds is 2. The first kappa shape index (κ1) is 12.7. The van der Waals surface area contributed by atoms with Gasteiger partial charge in [-0.05, 0) is 35.9 Å². The highest BCUT2D eigenvalue weighted by Crippen LogP contribution is 2.30. The molecule has 88 valence electrons. The minimum Gasteiger partial charge on any atom is -0.392 e. The summed E-state index contributed by atoms with van der Waals surface area (Å²) >= 11 is 17.9. The number of aliphatic hydroxyl groups excluding tert-OH is 1. The van der Waals surface area contributed by atoms with E-state index in [1.54, 1.807) is 30.3 Å². The molecule has 0 bridgehead atoms. The van der Waals surface area contributed by atoms with Gasteiger partial charge in [0.05, 0.1) is 17.3 Å². The van der Waals surface area contributed by atoms with Crippen molar-refractivity contribution in [1.29, 1.82) is 0 Å². The fourth-order valence-corrected chi connectivity index (χ4v) is 2.09. The lowest BCUT2D eigenvalue weighted by Crippen LogP contribution is -1.90. The lowest BCUT2D eigenvalue weighted by atomic mass is 10.1. The standard InChI is InChI=1S/C12H8Cl3NO/c13-8-1-2-10(14)9(5-8)11-3-7(6-17)4-12(15)16-11/h1-5,17H,6H2. The van der Waals surface area contributed by atoms with Gasteiger partial charge in [0.25, 0.3) is 0 Å². The maximum absolute atomic E-state index is 9.11. The second kappa shape index (κ2) is 5.23. The maximum Gasteiger partial charge on any atom is 0.130 e. The zero-order valence-electron chi connectivity index (χ0n) is 8.62. The molecule has 0 amide bonds. The summed E-state index contributed by atoms with van der Waals surface area (Å²) in [7, 11) is 0. The number of halogens is 3. The minimum atomic E-state index is -0.104. The second-order valence-electron chi connectivity index (χ2n) is 3.47. The van der Waals surface area contributed by atoms with E-state index in [4.69, 9.17) is 39.9 Å². The zero-order valence-corrected chi connectivity index (χ0v) is 10.9. The highest BCUT2D eigenvalue weighted by Gasteiger charge is 2.08. The van der Waals surface area contributed by atoms with Crippen molar-refractivity contribution in [2.45, 2.75) is 6.61 Å². The second-order valence-corrected chi connectivity index (χ2v) is 4.70. The van der Waals surface area contributed by atoms with Gasteiger partial charge in [-0.3, -0.25) is 0 Å². The third kappa shape index (κ3) is 2.90. The molecule has 2 aromatic rings. The van der Waals surface area contributed by atoms with Crippen LogP contribution in [0.25, 0.3) is 11.3 Å². The molecule has 0 spiro atoms. The molecule has 17 heavy (non-hydrogen) atoms. The number of aliphatic hydroxyl groups is 1. The van der Waals surface area contributed by atoms with Gasteiger partial charge in [0.15, 0.2) is 0 Å². The first-order valence-corrected chi connectivity index (χ1v) is 5.96. The van der Waals surface area contributed by atoms with E-state index >= 15 is 0 Å². The van der Waals surface area contributed by atoms with Gasteiger partial charge in [-0.2, -0.15) is 0 Å². The van der Waals surface area contributed by atoms with Crippen LogP contribution < -0.4 is 0 Å². The fraction of sp³-hybridized carbons (Fsp3) is 0.0833. The number of hydrogen-bond donors (Lipinski definition) is 1. The molecule has 1 heterocycles. The molecule has 0 fully saturated rings. The molecule has 0 aliphatic rings. The Morgan fingerprint density at radius 1 is 1.06 bits per heavy atom. The minimum absolute atomic E-state index is 0.104. The van der Waals surface area contributed by atoms with Gasteiger partial charge in [0, 0.05) is 10.6 Å². The molecule has 1 N–H and O–H groups in total. The Labute approximate surface area is 114 Å². The van der Waals surface area contributed by atoms with Crippen molar-refractivity contribution in [3.63, 3.8) is 0 Å². The molecule has 0 radical (unpaired) electrons. The van der Waals surface area contributed by atoms with Crippen molar-refractivity contribution >= 4 is 34.8 Å². The summed E-state index contributed by atoms with van der Waals surface area (Å²) in [6.07, 6.45) is 0. The molecule has 1 aromatic heterocycles. The van der Waals surface area contributed by atoms with Crippen LogP contribution in [-0.4, -0.2) is 10.1 Å². The summed E-state index contributed by atoms with van der Waals surface area (Å²) in [5, 5.41) is 10.5. The van der Waals surface area contributed by atoms with Crippen LogP contribution in [-0.2, 0) is 6.61 Å². The summed E-state index contributed by atoms with van der Waals surface area (Å²) in [4.78, 5) is 4.17. The van der Waals surface area contributed by atoms with E-state index < -0.39 is 0 Å². The first-order chi connectivity index (χ1) is 8.10. The molecular weight excluding hydrogens is 280 g/mol. The van der Waals surface area contributed by atoms with Crippen LogP contribution in [0.4, 0.5) is 0 Å². The van der Waals surface area contributed by atoms with Crippen molar-refractivity contribution in [2.24, 2.45) is 0 Å². The SMILES string of the molecule is OCc1cc(Cl)nc(-c2cc(Cl)ccc2Cl)c1. The number of nitrogens with zero attached hydrogens (tertiary/aromatic N) is 1. The summed E-state index contributed by atoms with van der Waals surface area (Å²) in [6.45, 7) is -0.104. The Kier molecular flexibility index (Phi) is 3.89. The van der Waals surface area contributed by atoms with Crippen LogP contribution in [0.2, 0.25) is 15.2 Å². The van der Waals surface area contributed by atoms with Crippen LogP contribution in [0, 0.1) is 0 Å². The molecule has 0 aliphatic carbocycles. The number of benzene rings is 1. The van der Waals surface area contributed by atoms with E-state index in [1.165, 1.54) is 0 Å². The van der Waals surface area contributed by atoms with E-state index in [2.05, 4.69) is 4.98 Å².